The maximum Gasteiger partial charge on any atom is 0.177 e. The van der Waals surface area contributed by atoms with E-state index in [9.17, 15) is 15.3 Å². The Hall–Kier alpha value is -4.10. The number of aromatic hydroxyl groups is 3. The SMILES string of the molecule is C#CCO/N=C1\CC2(C/C(=N\OCC#C)c3cc(O)c(O)cc32)c2cc(C)c(O)cc21. The fourth-order valence-corrected chi connectivity index (χ4v) is 4.35. The molecule has 1 atom stereocenters. The van der Waals surface area contributed by atoms with Crippen LogP contribution in [0.1, 0.15) is 40.7 Å². The second kappa shape index (κ2) is 7.62. The summed E-state index contributed by atoms with van der Waals surface area (Å²) in [6.07, 6.45) is 11.3. The zero-order chi connectivity index (χ0) is 22.2. The Morgan fingerprint density at radius 3 is 1.87 bits per heavy atom. The van der Waals surface area contributed by atoms with Crippen LogP contribution < -0.4 is 0 Å². The van der Waals surface area contributed by atoms with E-state index in [0.29, 0.717) is 35.4 Å². The molecule has 0 fully saturated rings. The van der Waals surface area contributed by atoms with Gasteiger partial charge in [0.25, 0.3) is 0 Å². The van der Waals surface area contributed by atoms with E-state index >= 15 is 0 Å². The fraction of sp³-hybridized carbons (Fsp3) is 0.250. The molecule has 2 aromatic rings. The number of benzene rings is 2. The van der Waals surface area contributed by atoms with E-state index in [1.165, 1.54) is 12.1 Å². The van der Waals surface area contributed by atoms with Crippen molar-refractivity contribution in [1.82, 2.24) is 0 Å². The molecule has 0 aliphatic heterocycles. The van der Waals surface area contributed by atoms with Crippen LogP contribution >= 0.6 is 0 Å². The van der Waals surface area contributed by atoms with E-state index in [1.54, 1.807) is 6.07 Å². The lowest BCUT2D eigenvalue weighted by molar-refractivity contribution is 0.178. The largest absolute Gasteiger partial charge is 0.508 e. The molecular formula is C24H20N2O5. The van der Waals surface area contributed by atoms with Crippen LogP contribution in [0.5, 0.6) is 17.2 Å². The maximum atomic E-state index is 10.3. The van der Waals surface area contributed by atoms with Crippen LogP contribution in [0.2, 0.25) is 0 Å². The molecule has 2 aliphatic carbocycles. The number of hydrogen-bond acceptors (Lipinski definition) is 7. The number of rotatable bonds is 4. The molecule has 0 saturated carbocycles. The Morgan fingerprint density at radius 1 is 0.839 bits per heavy atom. The summed E-state index contributed by atoms with van der Waals surface area (Å²) in [4.78, 5) is 10.5. The minimum Gasteiger partial charge on any atom is -0.508 e. The number of hydrogen-bond donors (Lipinski definition) is 3. The predicted octanol–water partition coefficient (Wildman–Crippen LogP) is 2.91. The van der Waals surface area contributed by atoms with E-state index in [4.69, 9.17) is 22.5 Å². The number of phenolic OH excluding ortho intramolecular Hbond substituents is 3. The lowest BCUT2D eigenvalue weighted by atomic mass is 9.76. The summed E-state index contributed by atoms with van der Waals surface area (Å²) in [5, 5.41) is 39.1. The Bertz CT molecular complexity index is 1120. The summed E-state index contributed by atoms with van der Waals surface area (Å²) in [6.45, 7) is 1.83. The molecule has 1 unspecified atom stereocenters. The highest BCUT2D eigenvalue weighted by molar-refractivity contribution is 6.13. The Kier molecular flexibility index (Phi) is 4.96. The molecule has 31 heavy (non-hydrogen) atoms. The topological polar surface area (TPSA) is 104 Å². The molecule has 7 nitrogen and oxygen atoms in total. The van der Waals surface area contributed by atoms with Gasteiger partial charge in [-0.1, -0.05) is 28.2 Å². The van der Waals surface area contributed by atoms with E-state index in [1.807, 2.05) is 13.0 Å². The number of aryl methyl sites for hydroxylation is 1. The van der Waals surface area contributed by atoms with Crippen molar-refractivity contribution in [2.45, 2.75) is 25.2 Å². The zero-order valence-corrected chi connectivity index (χ0v) is 16.8. The van der Waals surface area contributed by atoms with Gasteiger partial charge in [-0.3, -0.25) is 0 Å². The van der Waals surface area contributed by atoms with Crippen molar-refractivity contribution in [3.05, 3.63) is 52.1 Å². The van der Waals surface area contributed by atoms with Crippen LogP contribution in [0.25, 0.3) is 0 Å². The number of phenols is 3. The van der Waals surface area contributed by atoms with Crippen molar-refractivity contribution in [2.24, 2.45) is 10.3 Å². The molecule has 0 heterocycles. The average Bonchev–Trinajstić information content (AvgIpc) is 3.19. The first-order chi connectivity index (χ1) is 14.9. The molecule has 0 amide bonds. The monoisotopic (exact) mass is 416 g/mol. The maximum absolute atomic E-state index is 10.3. The summed E-state index contributed by atoms with van der Waals surface area (Å²) >= 11 is 0. The van der Waals surface area contributed by atoms with Crippen molar-refractivity contribution in [3.8, 4) is 41.9 Å². The third kappa shape index (κ3) is 3.21. The molecule has 2 aliphatic rings. The Balaban J connectivity index is 1.93. The van der Waals surface area contributed by atoms with Crippen LogP contribution in [-0.4, -0.2) is 40.0 Å². The second-order valence-electron chi connectivity index (χ2n) is 7.54. The van der Waals surface area contributed by atoms with Gasteiger partial charge in [-0.05, 0) is 41.8 Å². The smallest absolute Gasteiger partial charge is 0.177 e. The first kappa shape index (κ1) is 20.2. The molecular weight excluding hydrogens is 396 g/mol. The summed E-state index contributed by atoms with van der Waals surface area (Å²) in [6, 6.07) is 6.55. The first-order valence-corrected chi connectivity index (χ1v) is 9.57. The minimum atomic E-state index is -0.648. The van der Waals surface area contributed by atoms with Gasteiger partial charge in [0.15, 0.2) is 24.7 Å². The molecule has 4 rings (SSSR count). The molecule has 0 aromatic heterocycles. The molecule has 156 valence electrons. The van der Waals surface area contributed by atoms with Gasteiger partial charge >= 0.3 is 0 Å². The second-order valence-corrected chi connectivity index (χ2v) is 7.54. The fourth-order valence-electron chi connectivity index (χ4n) is 4.35. The number of oxime groups is 2. The minimum absolute atomic E-state index is 0.00606. The Morgan fingerprint density at radius 2 is 1.32 bits per heavy atom. The van der Waals surface area contributed by atoms with E-state index in [0.717, 1.165) is 16.7 Å². The van der Waals surface area contributed by atoms with Crippen LogP contribution in [0, 0.1) is 31.6 Å². The van der Waals surface area contributed by atoms with E-state index in [-0.39, 0.29) is 30.5 Å². The molecule has 3 N–H and O–H groups in total. The molecule has 1 spiro atoms. The Labute approximate surface area is 179 Å². The van der Waals surface area contributed by atoms with Crippen molar-refractivity contribution in [1.29, 1.82) is 0 Å². The highest BCUT2D eigenvalue weighted by Crippen LogP contribution is 2.55. The zero-order valence-electron chi connectivity index (χ0n) is 16.8. The summed E-state index contributed by atoms with van der Waals surface area (Å²) < 4.78 is 0. The van der Waals surface area contributed by atoms with Gasteiger partial charge in [-0.2, -0.15) is 0 Å². The standard InChI is InChI=1S/C24H20N2O5/c1-4-6-30-25-19-12-24(17-8-14(3)21(27)9-15(17)19)13-20(26-31-7-5-2)16-10-22(28)23(29)11-18(16)24/h1-2,8-11,27-29H,6-7,12-13H2,3H3/b25-19+,26-20+. The van der Waals surface area contributed by atoms with Gasteiger partial charge in [-0.25, -0.2) is 0 Å². The highest BCUT2D eigenvalue weighted by Gasteiger charge is 2.51. The lowest BCUT2D eigenvalue weighted by Gasteiger charge is -2.26. The summed E-state index contributed by atoms with van der Waals surface area (Å²) in [7, 11) is 0. The summed E-state index contributed by atoms with van der Waals surface area (Å²) in [5.74, 6) is 4.37. The molecule has 2 aromatic carbocycles. The van der Waals surface area contributed by atoms with Gasteiger partial charge in [0.1, 0.15) is 5.75 Å². The van der Waals surface area contributed by atoms with Gasteiger partial charge in [0.05, 0.1) is 11.4 Å². The lowest BCUT2D eigenvalue weighted by Crippen LogP contribution is -2.22. The third-order valence-electron chi connectivity index (χ3n) is 5.69. The van der Waals surface area contributed by atoms with Crippen molar-refractivity contribution in [3.63, 3.8) is 0 Å². The first-order valence-electron chi connectivity index (χ1n) is 9.57. The molecule has 0 bridgehead atoms. The van der Waals surface area contributed by atoms with Gasteiger partial charge in [-0.15, -0.1) is 12.8 Å². The number of terminal acetylenes is 2. The highest BCUT2D eigenvalue weighted by atomic mass is 16.6. The normalized spacial score (nSPS) is 21.0. The summed E-state index contributed by atoms with van der Waals surface area (Å²) in [5.41, 5.74) is 4.29. The van der Waals surface area contributed by atoms with Crippen molar-refractivity contribution < 1.29 is 25.0 Å². The number of fused-ring (bicyclic) bond motifs is 4. The van der Waals surface area contributed by atoms with Crippen molar-refractivity contribution in [2.75, 3.05) is 13.2 Å². The van der Waals surface area contributed by atoms with Crippen molar-refractivity contribution >= 4 is 11.4 Å². The third-order valence-corrected chi connectivity index (χ3v) is 5.69. The quantitative estimate of drug-likeness (QED) is 0.308. The molecule has 0 radical (unpaired) electrons. The van der Waals surface area contributed by atoms with Crippen LogP contribution in [0.15, 0.2) is 34.6 Å². The van der Waals surface area contributed by atoms with Gasteiger partial charge < -0.3 is 25.0 Å². The number of nitrogens with zero attached hydrogens (tertiary/aromatic N) is 2. The molecule has 7 heteroatoms. The molecule has 0 saturated heterocycles. The van der Waals surface area contributed by atoms with E-state index in [2.05, 4.69) is 22.2 Å². The van der Waals surface area contributed by atoms with Gasteiger partial charge in [0.2, 0.25) is 0 Å². The van der Waals surface area contributed by atoms with Crippen LogP contribution in [-0.2, 0) is 15.1 Å². The predicted molar refractivity (Wildman–Crippen MR) is 115 cm³/mol. The average molecular weight is 416 g/mol. The van der Waals surface area contributed by atoms with Gasteiger partial charge in [0, 0.05) is 29.4 Å². The van der Waals surface area contributed by atoms with E-state index < -0.39 is 5.41 Å². The van der Waals surface area contributed by atoms with Crippen LogP contribution in [0.4, 0.5) is 0 Å². The van der Waals surface area contributed by atoms with Crippen LogP contribution in [0.3, 0.4) is 0 Å².